The van der Waals surface area contributed by atoms with Gasteiger partial charge in [-0.25, -0.2) is 14.4 Å². The summed E-state index contributed by atoms with van der Waals surface area (Å²) in [5, 5.41) is 16.5. The molecule has 0 fully saturated rings. The summed E-state index contributed by atoms with van der Waals surface area (Å²) in [6.45, 7) is 3.78. The second kappa shape index (κ2) is 8.52. The van der Waals surface area contributed by atoms with Crippen molar-refractivity contribution in [3.05, 3.63) is 90.5 Å². The first kappa shape index (κ1) is 21.1. The summed E-state index contributed by atoms with van der Waals surface area (Å²) in [7, 11) is 1.84. The second-order valence-electron chi connectivity index (χ2n) is 6.94. The lowest BCUT2D eigenvalue weighted by molar-refractivity contribution is 0.474. The number of phenols is 1. The zero-order chi connectivity index (χ0) is 22.1. The molecule has 0 unspecified atom stereocenters. The fraction of sp³-hybridized carbons (Fsp3) is 0.136. The third-order valence-electron chi connectivity index (χ3n) is 4.88. The van der Waals surface area contributed by atoms with Crippen LogP contribution in [0.4, 0.5) is 5.69 Å². The lowest BCUT2D eigenvalue weighted by Gasteiger charge is -2.07. The van der Waals surface area contributed by atoms with Crippen LogP contribution in [0.5, 0.6) is 5.75 Å². The Morgan fingerprint density at radius 2 is 1.87 bits per heavy atom. The highest BCUT2D eigenvalue weighted by Crippen LogP contribution is 2.20. The number of aromatic hydroxyl groups is 1. The summed E-state index contributed by atoms with van der Waals surface area (Å²) < 4.78 is 5.89. The lowest BCUT2D eigenvalue weighted by Crippen LogP contribution is -2.19. The molecule has 2 aromatic heterocycles. The molecule has 1 N–H and O–H groups in total. The van der Waals surface area contributed by atoms with Crippen LogP contribution in [-0.4, -0.2) is 25.4 Å². The third-order valence-corrected chi connectivity index (χ3v) is 6.31. The highest BCUT2D eigenvalue weighted by Gasteiger charge is 2.16. The molecule has 2 aromatic carbocycles. The molecule has 0 aliphatic heterocycles. The third kappa shape index (κ3) is 4.06. The Balaban J connectivity index is 1.83. The number of phenolic OH excluding ortho intramolecular Hbond substituents is 1. The van der Waals surface area contributed by atoms with E-state index < -0.39 is 0 Å². The van der Waals surface area contributed by atoms with Crippen LogP contribution >= 0.6 is 27.3 Å². The predicted molar refractivity (Wildman–Crippen MR) is 127 cm³/mol. The van der Waals surface area contributed by atoms with Crippen LogP contribution in [0.2, 0.25) is 0 Å². The number of para-hydroxylation sites is 1. The molecule has 0 saturated heterocycles. The minimum atomic E-state index is -0.197. The molecule has 4 aromatic rings. The van der Waals surface area contributed by atoms with Crippen LogP contribution in [0, 0.1) is 13.8 Å². The molecule has 0 radical (unpaired) electrons. The molecule has 0 amide bonds. The molecule has 4 rings (SSSR count). The van der Waals surface area contributed by atoms with E-state index in [4.69, 9.17) is 0 Å². The van der Waals surface area contributed by atoms with Crippen molar-refractivity contribution in [1.29, 1.82) is 0 Å². The van der Waals surface area contributed by atoms with Gasteiger partial charge >= 0.3 is 0 Å². The summed E-state index contributed by atoms with van der Waals surface area (Å²) in [5.41, 5.74) is 3.13. The molecule has 2 heterocycles. The average Bonchev–Trinajstić information content (AvgIpc) is 3.21. The smallest absolute Gasteiger partial charge is 0.297 e. The maximum absolute atomic E-state index is 13.2. The average molecular weight is 498 g/mol. The Bertz CT molecular complexity index is 1410. The van der Waals surface area contributed by atoms with Crippen molar-refractivity contribution in [1.82, 2.24) is 14.0 Å². The summed E-state index contributed by atoms with van der Waals surface area (Å²) in [6.07, 6.45) is 1.57. The molecular formula is C22H20BrN5O2S. The zero-order valence-corrected chi connectivity index (χ0v) is 19.6. The number of thiazole rings is 1. The van der Waals surface area contributed by atoms with Gasteiger partial charge in [0.05, 0.1) is 23.3 Å². The van der Waals surface area contributed by atoms with Crippen LogP contribution in [0.15, 0.2) is 73.3 Å². The van der Waals surface area contributed by atoms with Gasteiger partial charge in [-0.05, 0) is 44.2 Å². The lowest BCUT2D eigenvalue weighted by atomic mass is 10.2. The molecule has 0 saturated carbocycles. The Kier molecular flexibility index (Phi) is 5.79. The van der Waals surface area contributed by atoms with Crippen LogP contribution in [0.3, 0.4) is 0 Å². The first-order valence-corrected chi connectivity index (χ1v) is 11.1. The Labute approximate surface area is 191 Å². The van der Waals surface area contributed by atoms with Crippen molar-refractivity contribution in [2.75, 3.05) is 0 Å². The highest BCUT2D eigenvalue weighted by molar-refractivity contribution is 9.10. The molecular weight excluding hydrogens is 478 g/mol. The monoisotopic (exact) mass is 497 g/mol. The van der Waals surface area contributed by atoms with Gasteiger partial charge in [0.25, 0.3) is 5.56 Å². The SMILES string of the molecule is Cc1csc(=Nc2c(C)n(C)n(-c3ccccc3)c2=O)n1N=Cc1cc(Br)ccc1O. The number of hydrogen-bond donors (Lipinski definition) is 1. The molecule has 0 spiro atoms. The van der Waals surface area contributed by atoms with E-state index in [1.54, 1.807) is 38.5 Å². The number of hydrogen-bond acceptors (Lipinski definition) is 5. The van der Waals surface area contributed by atoms with Gasteiger partial charge in [0.15, 0.2) is 5.69 Å². The summed E-state index contributed by atoms with van der Waals surface area (Å²) in [6, 6.07) is 14.6. The van der Waals surface area contributed by atoms with Gasteiger partial charge in [-0.15, -0.1) is 11.3 Å². The Morgan fingerprint density at radius 3 is 2.61 bits per heavy atom. The fourth-order valence-electron chi connectivity index (χ4n) is 3.13. The van der Waals surface area contributed by atoms with Crippen LogP contribution in [0.1, 0.15) is 17.0 Å². The molecule has 158 valence electrons. The number of nitrogens with zero attached hydrogens (tertiary/aromatic N) is 5. The first-order chi connectivity index (χ1) is 14.9. The van der Waals surface area contributed by atoms with Crippen LogP contribution < -0.4 is 10.4 Å². The first-order valence-electron chi connectivity index (χ1n) is 9.45. The van der Waals surface area contributed by atoms with Crippen molar-refractivity contribution in [3.63, 3.8) is 0 Å². The maximum Gasteiger partial charge on any atom is 0.297 e. The van der Waals surface area contributed by atoms with Gasteiger partial charge in [0.2, 0.25) is 4.80 Å². The van der Waals surface area contributed by atoms with Gasteiger partial charge in [-0.3, -0.25) is 9.48 Å². The van der Waals surface area contributed by atoms with Crippen molar-refractivity contribution in [3.8, 4) is 11.4 Å². The number of benzene rings is 2. The van der Waals surface area contributed by atoms with Crippen LogP contribution in [-0.2, 0) is 7.05 Å². The van der Waals surface area contributed by atoms with E-state index in [1.807, 2.05) is 56.6 Å². The molecule has 7 nitrogen and oxygen atoms in total. The van der Waals surface area contributed by atoms with Gasteiger partial charge in [-0.1, -0.05) is 34.1 Å². The summed E-state index contributed by atoms with van der Waals surface area (Å²) >= 11 is 4.79. The normalized spacial score (nSPS) is 12.2. The molecule has 0 bridgehead atoms. The number of rotatable bonds is 4. The quantitative estimate of drug-likeness (QED) is 0.428. The van der Waals surface area contributed by atoms with E-state index in [2.05, 4.69) is 26.0 Å². The minimum Gasteiger partial charge on any atom is -0.507 e. The largest absolute Gasteiger partial charge is 0.507 e. The van der Waals surface area contributed by atoms with Crippen molar-refractivity contribution in [2.45, 2.75) is 13.8 Å². The number of aryl methyl sites for hydroxylation is 1. The minimum absolute atomic E-state index is 0.128. The summed E-state index contributed by atoms with van der Waals surface area (Å²) in [4.78, 5) is 18.4. The second-order valence-corrected chi connectivity index (χ2v) is 8.69. The molecule has 31 heavy (non-hydrogen) atoms. The number of aromatic nitrogens is 3. The van der Waals surface area contributed by atoms with Gasteiger partial charge in [-0.2, -0.15) is 5.10 Å². The van der Waals surface area contributed by atoms with Crippen LogP contribution in [0.25, 0.3) is 5.69 Å². The van der Waals surface area contributed by atoms with E-state index in [0.717, 1.165) is 21.5 Å². The molecule has 9 heteroatoms. The zero-order valence-electron chi connectivity index (χ0n) is 17.2. The maximum atomic E-state index is 13.2. The van der Waals surface area contributed by atoms with Crippen molar-refractivity contribution < 1.29 is 5.11 Å². The number of halogens is 1. The van der Waals surface area contributed by atoms with Gasteiger partial charge in [0.1, 0.15) is 5.75 Å². The molecule has 0 atom stereocenters. The molecule has 0 aliphatic rings. The van der Waals surface area contributed by atoms with E-state index in [9.17, 15) is 9.90 Å². The summed E-state index contributed by atoms with van der Waals surface area (Å²) in [5.74, 6) is 0.128. The fourth-order valence-corrected chi connectivity index (χ4v) is 4.32. The van der Waals surface area contributed by atoms with E-state index >= 15 is 0 Å². The van der Waals surface area contributed by atoms with Gasteiger partial charge < -0.3 is 5.11 Å². The van der Waals surface area contributed by atoms with E-state index in [-0.39, 0.29) is 11.3 Å². The predicted octanol–water partition coefficient (Wildman–Crippen LogP) is 4.24. The Hall–Kier alpha value is -3.17. The topological polar surface area (TPSA) is 76.8 Å². The Morgan fingerprint density at radius 1 is 1.13 bits per heavy atom. The highest BCUT2D eigenvalue weighted by atomic mass is 79.9. The standard InChI is InChI=1S/C22H20BrN5O2S/c1-14-13-31-22(27(14)24-12-16-11-17(23)9-10-19(16)29)25-20-15(2)26(3)28(21(20)30)18-7-5-4-6-8-18/h4-13,29H,1-3H3. The van der Waals surface area contributed by atoms with Crippen molar-refractivity contribution >= 4 is 39.2 Å². The van der Waals surface area contributed by atoms with Crippen molar-refractivity contribution in [2.24, 2.45) is 17.1 Å². The van der Waals surface area contributed by atoms with Gasteiger partial charge in [0, 0.05) is 22.5 Å². The molecule has 0 aliphatic carbocycles. The van der Waals surface area contributed by atoms with E-state index in [0.29, 0.717) is 16.1 Å². The van der Waals surface area contributed by atoms with E-state index in [1.165, 1.54) is 11.3 Å².